The van der Waals surface area contributed by atoms with Crippen molar-refractivity contribution >= 4 is 17.5 Å². The summed E-state index contributed by atoms with van der Waals surface area (Å²) in [6, 6.07) is 18.0. The van der Waals surface area contributed by atoms with E-state index in [0.29, 0.717) is 12.3 Å². The summed E-state index contributed by atoms with van der Waals surface area (Å²) in [7, 11) is 0. The maximum Gasteiger partial charge on any atom is 0.251 e. The van der Waals surface area contributed by atoms with Gasteiger partial charge in [0.25, 0.3) is 5.91 Å². The van der Waals surface area contributed by atoms with Gasteiger partial charge in [-0.15, -0.1) is 0 Å². The molecule has 4 nitrogen and oxygen atoms in total. The van der Waals surface area contributed by atoms with E-state index in [-0.39, 0.29) is 11.8 Å². The number of hydrogen-bond donors (Lipinski definition) is 2. The Morgan fingerprint density at radius 1 is 0.885 bits per heavy atom. The van der Waals surface area contributed by atoms with Crippen molar-refractivity contribution in [1.82, 2.24) is 5.32 Å². The second-order valence-electron chi connectivity index (χ2n) is 6.97. The highest BCUT2D eigenvalue weighted by atomic mass is 16.2. The van der Waals surface area contributed by atoms with Crippen LogP contribution in [0.4, 0.5) is 5.69 Å². The average Bonchev–Trinajstić information content (AvgIpc) is 2.68. The van der Waals surface area contributed by atoms with Crippen molar-refractivity contribution < 1.29 is 9.59 Å². The van der Waals surface area contributed by atoms with E-state index in [4.69, 9.17) is 0 Å². The minimum absolute atomic E-state index is 0.0473. The van der Waals surface area contributed by atoms with Crippen LogP contribution in [0.1, 0.15) is 50.1 Å². The molecule has 2 amide bonds. The van der Waals surface area contributed by atoms with E-state index in [1.807, 2.05) is 60.7 Å². The van der Waals surface area contributed by atoms with Crippen LogP contribution in [0, 0.1) is 5.92 Å². The lowest BCUT2D eigenvalue weighted by Crippen LogP contribution is -2.37. The molecule has 0 spiro atoms. The highest BCUT2D eigenvalue weighted by Gasteiger charge is 2.24. The predicted molar refractivity (Wildman–Crippen MR) is 104 cm³/mol. The number of benzene rings is 2. The number of amides is 2. The van der Waals surface area contributed by atoms with Gasteiger partial charge in [-0.05, 0) is 36.5 Å². The molecule has 0 bridgehead atoms. The fourth-order valence-electron chi connectivity index (χ4n) is 3.56. The fourth-order valence-corrected chi connectivity index (χ4v) is 3.56. The standard InChI is InChI=1S/C22H26N2O2/c25-20(16-17-10-4-1-5-11-17)24-21(18-12-6-2-7-13-18)22(26)23-19-14-8-3-9-15-19/h2-3,6-9,12-15,17,21H,1,4-5,10-11,16H2,(H,23,26)(H,24,25). The number of para-hydroxylation sites is 1. The number of carbonyl (C=O) groups excluding carboxylic acids is 2. The molecule has 0 aliphatic heterocycles. The summed E-state index contributed by atoms with van der Waals surface area (Å²) in [6.07, 6.45) is 6.40. The molecule has 2 aromatic rings. The molecule has 4 heteroatoms. The molecule has 0 heterocycles. The molecule has 136 valence electrons. The van der Waals surface area contributed by atoms with E-state index in [2.05, 4.69) is 10.6 Å². The molecular formula is C22H26N2O2. The van der Waals surface area contributed by atoms with Crippen molar-refractivity contribution in [3.05, 3.63) is 66.2 Å². The third kappa shape index (κ3) is 5.19. The van der Waals surface area contributed by atoms with E-state index in [0.717, 1.165) is 24.1 Å². The zero-order valence-corrected chi connectivity index (χ0v) is 15.0. The van der Waals surface area contributed by atoms with E-state index in [1.165, 1.54) is 19.3 Å². The average molecular weight is 350 g/mol. The van der Waals surface area contributed by atoms with Crippen LogP contribution in [0.25, 0.3) is 0 Å². The van der Waals surface area contributed by atoms with Gasteiger partial charge in [-0.1, -0.05) is 67.8 Å². The van der Waals surface area contributed by atoms with Gasteiger partial charge in [-0.25, -0.2) is 0 Å². The van der Waals surface area contributed by atoms with Crippen molar-refractivity contribution in [2.45, 2.75) is 44.6 Å². The zero-order valence-electron chi connectivity index (χ0n) is 15.0. The summed E-state index contributed by atoms with van der Waals surface area (Å²) in [5, 5.41) is 5.85. The molecule has 26 heavy (non-hydrogen) atoms. The first-order valence-electron chi connectivity index (χ1n) is 9.42. The number of anilines is 1. The van der Waals surface area contributed by atoms with Crippen LogP contribution in [0.15, 0.2) is 60.7 Å². The van der Waals surface area contributed by atoms with Crippen molar-refractivity contribution in [3.8, 4) is 0 Å². The van der Waals surface area contributed by atoms with Crippen molar-refractivity contribution in [1.29, 1.82) is 0 Å². The summed E-state index contributed by atoms with van der Waals surface area (Å²) < 4.78 is 0. The summed E-state index contributed by atoms with van der Waals surface area (Å²) in [5.41, 5.74) is 1.51. The lowest BCUT2D eigenvalue weighted by molar-refractivity contribution is -0.127. The van der Waals surface area contributed by atoms with Gasteiger partial charge in [0, 0.05) is 12.1 Å². The number of nitrogens with one attached hydrogen (secondary N) is 2. The van der Waals surface area contributed by atoms with Gasteiger partial charge in [-0.2, -0.15) is 0 Å². The topological polar surface area (TPSA) is 58.2 Å². The molecule has 2 N–H and O–H groups in total. The third-order valence-electron chi connectivity index (χ3n) is 4.94. The summed E-state index contributed by atoms with van der Waals surface area (Å²) in [5.74, 6) is 0.172. The first-order chi connectivity index (χ1) is 12.7. The Balaban J connectivity index is 1.69. The molecule has 2 aromatic carbocycles. The van der Waals surface area contributed by atoms with Gasteiger partial charge in [0.2, 0.25) is 5.91 Å². The van der Waals surface area contributed by atoms with Gasteiger partial charge >= 0.3 is 0 Å². The fraction of sp³-hybridized carbons (Fsp3) is 0.364. The van der Waals surface area contributed by atoms with Crippen LogP contribution in [-0.2, 0) is 9.59 Å². The lowest BCUT2D eigenvalue weighted by Gasteiger charge is -2.23. The Labute approximate surface area is 155 Å². The van der Waals surface area contributed by atoms with Crippen LogP contribution >= 0.6 is 0 Å². The van der Waals surface area contributed by atoms with Gasteiger partial charge in [0.05, 0.1) is 0 Å². The molecule has 0 aromatic heterocycles. The van der Waals surface area contributed by atoms with Gasteiger partial charge < -0.3 is 10.6 Å². The first kappa shape index (κ1) is 18.2. The zero-order chi connectivity index (χ0) is 18.2. The molecule has 3 rings (SSSR count). The van der Waals surface area contributed by atoms with Gasteiger partial charge in [0.1, 0.15) is 6.04 Å². The van der Waals surface area contributed by atoms with E-state index in [1.54, 1.807) is 0 Å². The maximum atomic E-state index is 12.8. The highest BCUT2D eigenvalue weighted by Crippen LogP contribution is 2.26. The molecule has 0 radical (unpaired) electrons. The monoisotopic (exact) mass is 350 g/mol. The molecule has 1 atom stereocenters. The molecule has 1 aliphatic rings. The van der Waals surface area contributed by atoms with Crippen LogP contribution in [0.5, 0.6) is 0 Å². The number of hydrogen-bond acceptors (Lipinski definition) is 2. The van der Waals surface area contributed by atoms with E-state index < -0.39 is 6.04 Å². The van der Waals surface area contributed by atoms with Crippen LogP contribution < -0.4 is 10.6 Å². The third-order valence-corrected chi connectivity index (χ3v) is 4.94. The smallest absolute Gasteiger partial charge is 0.251 e. The molecule has 1 aliphatic carbocycles. The van der Waals surface area contributed by atoms with Gasteiger partial charge in [0.15, 0.2) is 0 Å². The van der Waals surface area contributed by atoms with Crippen LogP contribution in [-0.4, -0.2) is 11.8 Å². The largest absolute Gasteiger partial charge is 0.341 e. The van der Waals surface area contributed by atoms with Crippen molar-refractivity contribution in [2.24, 2.45) is 5.92 Å². The number of carbonyl (C=O) groups is 2. The molecule has 1 fully saturated rings. The number of rotatable bonds is 6. The molecule has 1 unspecified atom stereocenters. The Hall–Kier alpha value is -2.62. The SMILES string of the molecule is O=C(CC1CCCCC1)NC(C(=O)Nc1ccccc1)c1ccccc1. The van der Waals surface area contributed by atoms with E-state index in [9.17, 15) is 9.59 Å². The Bertz CT molecular complexity index is 709. The van der Waals surface area contributed by atoms with E-state index >= 15 is 0 Å². The first-order valence-corrected chi connectivity index (χ1v) is 9.42. The molecule has 0 saturated heterocycles. The second kappa shape index (κ2) is 9.18. The lowest BCUT2D eigenvalue weighted by atomic mass is 9.86. The van der Waals surface area contributed by atoms with Crippen LogP contribution in [0.3, 0.4) is 0 Å². The molecular weight excluding hydrogens is 324 g/mol. The quantitative estimate of drug-likeness (QED) is 0.808. The minimum Gasteiger partial charge on any atom is -0.341 e. The van der Waals surface area contributed by atoms with Gasteiger partial charge in [-0.3, -0.25) is 9.59 Å². The summed E-state index contributed by atoms with van der Waals surface area (Å²) in [4.78, 5) is 25.4. The predicted octanol–water partition coefficient (Wildman–Crippen LogP) is 4.45. The van der Waals surface area contributed by atoms with Crippen LogP contribution in [0.2, 0.25) is 0 Å². The summed E-state index contributed by atoms with van der Waals surface area (Å²) >= 11 is 0. The maximum absolute atomic E-state index is 12.8. The van der Waals surface area contributed by atoms with Crippen molar-refractivity contribution in [3.63, 3.8) is 0 Å². The Morgan fingerprint density at radius 3 is 2.15 bits per heavy atom. The summed E-state index contributed by atoms with van der Waals surface area (Å²) in [6.45, 7) is 0. The normalized spacial score (nSPS) is 15.8. The Kier molecular flexibility index (Phi) is 6.42. The minimum atomic E-state index is -0.688. The molecule has 1 saturated carbocycles. The second-order valence-corrected chi connectivity index (χ2v) is 6.97. The highest BCUT2D eigenvalue weighted by molar-refractivity contribution is 5.97. The van der Waals surface area contributed by atoms with Crippen molar-refractivity contribution in [2.75, 3.05) is 5.32 Å². The Morgan fingerprint density at radius 2 is 1.50 bits per heavy atom.